The minimum atomic E-state index is -3.75. The van der Waals surface area contributed by atoms with Crippen molar-refractivity contribution in [3.8, 4) is 0 Å². The quantitative estimate of drug-likeness (QED) is 0.741. The Morgan fingerprint density at radius 2 is 1.93 bits per heavy atom. The number of nitrogens with one attached hydrogen (secondary N) is 1. The van der Waals surface area contributed by atoms with Crippen LogP contribution < -0.4 is 5.32 Å². The van der Waals surface area contributed by atoms with Crippen LogP contribution in [0.5, 0.6) is 0 Å². The summed E-state index contributed by atoms with van der Waals surface area (Å²) in [4.78, 5) is 25.9. The molecule has 7 nitrogen and oxygen atoms in total. The summed E-state index contributed by atoms with van der Waals surface area (Å²) in [5, 5.41) is 2.77. The summed E-state index contributed by atoms with van der Waals surface area (Å²) >= 11 is 6.10. The second kappa shape index (κ2) is 9.52. The van der Waals surface area contributed by atoms with Crippen LogP contribution in [-0.4, -0.2) is 55.6 Å². The van der Waals surface area contributed by atoms with Gasteiger partial charge in [0.2, 0.25) is 21.8 Å². The van der Waals surface area contributed by atoms with Gasteiger partial charge in [-0.05, 0) is 31.0 Å². The molecule has 1 aromatic carbocycles. The van der Waals surface area contributed by atoms with E-state index in [0.717, 1.165) is 19.3 Å². The molecule has 2 amide bonds. The van der Waals surface area contributed by atoms with E-state index in [9.17, 15) is 18.0 Å². The number of carbonyl (C=O) groups is 2. The standard InChI is InChI=1S/C18H26ClN3O4S/c1-3-22(4-2)27(25,26)16-12-14(9-10-15(16)19)20-17(23)13-21-11-7-5-6-8-18(21)24/h9-10,12H,3-8,11,13H2,1-2H3,(H,20,23). The number of amides is 2. The summed E-state index contributed by atoms with van der Waals surface area (Å²) in [6, 6.07) is 4.36. The minimum Gasteiger partial charge on any atom is -0.333 e. The van der Waals surface area contributed by atoms with Crippen LogP contribution in [0.4, 0.5) is 5.69 Å². The molecule has 0 aliphatic carbocycles. The number of hydrogen-bond acceptors (Lipinski definition) is 4. The van der Waals surface area contributed by atoms with Gasteiger partial charge >= 0.3 is 0 Å². The van der Waals surface area contributed by atoms with Gasteiger partial charge in [0.15, 0.2) is 0 Å². The lowest BCUT2D eigenvalue weighted by atomic mass is 10.2. The van der Waals surface area contributed by atoms with Crippen LogP contribution >= 0.6 is 11.6 Å². The molecule has 0 unspecified atom stereocenters. The van der Waals surface area contributed by atoms with E-state index in [1.54, 1.807) is 24.8 Å². The maximum absolute atomic E-state index is 12.7. The number of rotatable bonds is 7. The van der Waals surface area contributed by atoms with Crippen molar-refractivity contribution in [2.24, 2.45) is 0 Å². The van der Waals surface area contributed by atoms with Gasteiger partial charge in [0.05, 0.1) is 11.6 Å². The molecule has 1 fully saturated rings. The summed E-state index contributed by atoms with van der Waals surface area (Å²) in [5.41, 5.74) is 0.331. The first-order valence-corrected chi connectivity index (χ1v) is 11.0. The largest absolute Gasteiger partial charge is 0.333 e. The van der Waals surface area contributed by atoms with Crippen molar-refractivity contribution in [2.75, 3.05) is 31.5 Å². The predicted octanol–water partition coefficient (Wildman–Crippen LogP) is 2.71. The predicted molar refractivity (Wildman–Crippen MR) is 105 cm³/mol. The summed E-state index contributed by atoms with van der Waals surface area (Å²) in [5.74, 6) is -0.387. The van der Waals surface area contributed by atoms with Gasteiger partial charge in [-0.15, -0.1) is 0 Å². The lowest BCUT2D eigenvalue weighted by Crippen LogP contribution is -2.37. The monoisotopic (exact) mass is 415 g/mol. The molecule has 9 heteroatoms. The molecular weight excluding hydrogens is 390 g/mol. The van der Waals surface area contributed by atoms with Crippen LogP contribution in [0.2, 0.25) is 5.02 Å². The van der Waals surface area contributed by atoms with E-state index in [1.165, 1.54) is 16.4 Å². The van der Waals surface area contributed by atoms with Gasteiger partial charge in [0, 0.05) is 31.7 Å². The Bertz CT molecular complexity index is 794. The molecule has 1 aliphatic heterocycles. The highest BCUT2D eigenvalue weighted by atomic mass is 35.5. The third-order valence-electron chi connectivity index (χ3n) is 4.54. The highest BCUT2D eigenvalue weighted by Crippen LogP contribution is 2.27. The highest BCUT2D eigenvalue weighted by Gasteiger charge is 2.25. The van der Waals surface area contributed by atoms with Crippen molar-refractivity contribution < 1.29 is 18.0 Å². The molecule has 1 N–H and O–H groups in total. The molecule has 1 saturated heterocycles. The van der Waals surface area contributed by atoms with Crippen LogP contribution in [0.15, 0.2) is 23.1 Å². The molecule has 27 heavy (non-hydrogen) atoms. The Morgan fingerprint density at radius 3 is 2.59 bits per heavy atom. The van der Waals surface area contributed by atoms with E-state index in [4.69, 9.17) is 11.6 Å². The average Bonchev–Trinajstić information content (AvgIpc) is 2.82. The van der Waals surface area contributed by atoms with Gasteiger partial charge < -0.3 is 10.2 Å². The first-order chi connectivity index (χ1) is 12.8. The maximum Gasteiger partial charge on any atom is 0.244 e. The van der Waals surface area contributed by atoms with Gasteiger partial charge in [0.25, 0.3) is 0 Å². The second-order valence-electron chi connectivity index (χ2n) is 6.41. The van der Waals surface area contributed by atoms with Crippen molar-refractivity contribution in [3.63, 3.8) is 0 Å². The van der Waals surface area contributed by atoms with Gasteiger partial charge in [-0.3, -0.25) is 9.59 Å². The van der Waals surface area contributed by atoms with Crippen LogP contribution in [0.3, 0.4) is 0 Å². The smallest absolute Gasteiger partial charge is 0.244 e. The lowest BCUT2D eigenvalue weighted by Gasteiger charge is -2.21. The molecule has 0 atom stereocenters. The zero-order chi connectivity index (χ0) is 20.0. The summed E-state index contributed by atoms with van der Waals surface area (Å²) in [6.07, 6.45) is 3.17. The first kappa shape index (κ1) is 21.7. The van der Waals surface area contributed by atoms with Gasteiger partial charge in [0.1, 0.15) is 4.90 Å². The van der Waals surface area contributed by atoms with E-state index in [0.29, 0.717) is 31.7 Å². The van der Waals surface area contributed by atoms with E-state index in [1.807, 2.05) is 0 Å². The Kier molecular flexibility index (Phi) is 7.64. The van der Waals surface area contributed by atoms with Crippen molar-refractivity contribution in [1.82, 2.24) is 9.21 Å². The van der Waals surface area contributed by atoms with Crippen molar-refractivity contribution in [1.29, 1.82) is 0 Å². The van der Waals surface area contributed by atoms with Gasteiger partial charge in [-0.25, -0.2) is 8.42 Å². The molecule has 0 spiro atoms. The maximum atomic E-state index is 12.7. The SMILES string of the molecule is CCN(CC)S(=O)(=O)c1cc(NC(=O)CN2CCCCCC2=O)ccc1Cl. The number of likely N-dealkylation sites (tertiary alicyclic amines) is 1. The summed E-state index contributed by atoms with van der Waals surface area (Å²) in [7, 11) is -3.75. The normalized spacial score (nSPS) is 15.7. The van der Waals surface area contributed by atoms with Crippen molar-refractivity contribution in [2.45, 2.75) is 44.4 Å². The fourth-order valence-electron chi connectivity index (χ4n) is 3.06. The van der Waals surface area contributed by atoms with E-state index in [2.05, 4.69) is 5.32 Å². The zero-order valence-electron chi connectivity index (χ0n) is 15.7. The molecule has 0 aromatic heterocycles. The molecule has 0 bridgehead atoms. The number of hydrogen-bond donors (Lipinski definition) is 1. The van der Waals surface area contributed by atoms with Gasteiger partial charge in [-0.1, -0.05) is 31.9 Å². The van der Waals surface area contributed by atoms with Crippen molar-refractivity contribution in [3.05, 3.63) is 23.2 Å². The van der Waals surface area contributed by atoms with Crippen LogP contribution in [0, 0.1) is 0 Å². The molecule has 2 rings (SSSR count). The molecule has 150 valence electrons. The van der Waals surface area contributed by atoms with E-state index >= 15 is 0 Å². The highest BCUT2D eigenvalue weighted by molar-refractivity contribution is 7.89. The second-order valence-corrected chi connectivity index (χ2v) is 8.72. The number of sulfonamides is 1. The Hall–Kier alpha value is -1.64. The number of halogens is 1. The molecular formula is C18H26ClN3O4S. The molecule has 1 heterocycles. The number of carbonyl (C=O) groups excluding carboxylic acids is 2. The molecule has 0 radical (unpaired) electrons. The lowest BCUT2D eigenvalue weighted by molar-refractivity contribution is -0.134. The zero-order valence-corrected chi connectivity index (χ0v) is 17.3. The molecule has 1 aliphatic rings. The van der Waals surface area contributed by atoms with E-state index < -0.39 is 10.0 Å². The Morgan fingerprint density at radius 1 is 1.22 bits per heavy atom. The first-order valence-electron chi connectivity index (χ1n) is 9.17. The number of benzene rings is 1. The number of nitrogens with zero attached hydrogens (tertiary/aromatic N) is 2. The third-order valence-corrected chi connectivity index (χ3v) is 7.08. The average molecular weight is 416 g/mol. The van der Waals surface area contributed by atoms with Gasteiger partial charge in [-0.2, -0.15) is 4.31 Å². The van der Waals surface area contributed by atoms with Crippen molar-refractivity contribution >= 4 is 39.1 Å². The van der Waals surface area contributed by atoms with Crippen LogP contribution in [0.1, 0.15) is 39.5 Å². The Labute approximate surface area is 165 Å². The third kappa shape index (κ3) is 5.43. The molecule has 0 saturated carbocycles. The summed E-state index contributed by atoms with van der Waals surface area (Å²) in [6.45, 7) is 4.66. The van der Waals surface area contributed by atoms with E-state index in [-0.39, 0.29) is 28.3 Å². The van der Waals surface area contributed by atoms with Crippen LogP contribution in [0.25, 0.3) is 0 Å². The summed E-state index contributed by atoms with van der Waals surface area (Å²) < 4.78 is 26.8. The van der Waals surface area contributed by atoms with Crippen LogP contribution in [-0.2, 0) is 19.6 Å². The number of anilines is 1. The topological polar surface area (TPSA) is 86.8 Å². The fraction of sp³-hybridized carbons (Fsp3) is 0.556. The fourth-order valence-corrected chi connectivity index (χ4v) is 5.02. The minimum absolute atomic E-state index is 0.0245. The Balaban J connectivity index is 2.15. The molecule has 1 aromatic rings.